The van der Waals surface area contributed by atoms with Gasteiger partial charge in [0, 0.05) is 17.7 Å². The normalized spacial score (nSPS) is 18.4. The van der Waals surface area contributed by atoms with Crippen LogP contribution in [0, 0.1) is 0 Å². The molecule has 3 aromatic carbocycles. The predicted molar refractivity (Wildman–Crippen MR) is 110 cm³/mol. The van der Waals surface area contributed by atoms with Gasteiger partial charge >= 0.3 is 0 Å². The molecule has 1 heterocycles. The molecule has 0 unspecified atom stereocenters. The minimum absolute atomic E-state index is 0.270. The van der Waals surface area contributed by atoms with Crippen LogP contribution < -0.4 is 4.90 Å². The number of hydrogen-bond donors (Lipinski definition) is 1. The molecule has 0 saturated heterocycles. The molecule has 4 rings (SSSR count). The van der Waals surface area contributed by atoms with E-state index in [9.17, 15) is 14.7 Å². The molecule has 1 aliphatic rings. The van der Waals surface area contributed by atoms with E-state index in [-0.39, 0.29) is 12.2 Å². The molecule has 1 atom stereocenters. The molecule has 0 aliphatic carbocycles. The van der Waals surface area contributed by atoms with Gasteiger partial charge in [0.1, 0.15) is 0 Å². The minimum atomic E-state index is -1.87. The van der Waals surface area contributed by atoms with Gasteiger partial charge in [-0.2, -0.15) is 0 Å². The van der Waals surface area contributed by atoms with E-state index < -0.39 is 11.5 Å². The molecular weight excluding hydrogens is 350 g/mol. The predicted octanol–water partition coefficient (Wildman–Crippen LogP) is 4.22. The quantitative estimate of drug-likeness (QED) is 0.540. The lowest BCUT2D eigenvalue weighted by molar-refractivity contribution is -0.135. The lowest BCUT2D eigenvalue weighted by Gasteiger charge is -2.23. The summed E-state index contributed by atoms with van der Waals surface area (Å²) in [7, 11) is 0. The number of hydrogen-bond acceptors (Lipinski definition) is 3. The Morgan fingerprint density at radius 1 is 1.04 bits per heavy atom. The van der Waals surface area contributed by atoms with Crippen LogP contribution >= 0.6 is 0 Å². The first-order valence-electron chi connectivity index (χ1n) is 9.20. The Hall–Kier alpha value is -3.24. The smallest absolute Gasteiger partial charge is 0.264 e. The van der Waals surface area contributed by atoms with E-state index >= 15 is 0 Å². The molecule has 140 valence electrons. The van der Waals surface area contributed by atoms with E-state index in [1.165, 1.54) is 4.90 Å². The maximum Gasteiger partial charge on any atom is 0.264 e. The fraction of sp³-hybridized carbons (Fsp3) is 0.167. The van der Waals surface area contributed by atoms with E-state index in [2.05, 4.69) is 6.58 Å². The van der Waals surface area contributed by atoms with Crippen molar-refractivity contribution in [1.29, 1.82) is 0 Å². The van der Waals surface area contributed by atoms with Crippen molar-refractivity contribution < 1.29 is 14.7 Å². The summed E-state index contributed by atoms with van der Waals surface area (Å²) >= 11 is 0. The number of anilines is 1. The van der Waals surface area contributed by atoms with Crippen molar-refractivity contribution in [3.8, 4) is 0 Å². The second-order valence-electron chi connectivity index (χ2n) is 7.39. The number of para-hydroxylation sites is 1. The van der Waals surface area contributed by atoms with Gasteiger partial charge < -0.3 is 10.0 Å². The molecule has 0 fully saturated rings. The first-order chi connectivity index (χ1) is 13.4. The Morgan fingerprint density at radius 3 is 2.46 bits per heavy atom. The molecule has 28 heavy (non-hydrogen) atoms. The van der Waals surface area contributed by atoms with Gasteiger partial charge in [-0.25, -0.2) is 0 Å². The highest BCUT2D eigenvalue weighted by Crippen LogP contribution is 2.43. The number of aliphatic hydroxyl groups is 1. The third-order valence-electron chi connectivity index (χ3n) is 5.16. The number of fused-ring (bicyclic) bond motifs is 2. The lowest BCUT2D eigenvalue weighted by Crippen LogP contribution is -2.42. The zero-order valence-electron chi connectivity index (χ0n) is 15.7. The van der Waals surface area contributed by atoms with Crippen LogP contribution in [0.15, 0.2) is 78.9 Å². The molecule has 4 nitrogen and oxygen atoms in total. The second-order valence-corrected chi connectivity index (χ2v) is 7.39. The van der Waals surface area contributed by atoms with Gasteiger partial charge in [0.25, 0.3) is 5.91 Å². The van der Waals surface area contributed by atoms with Crippen LogP contribution in [0.25, 0.3) is 10.8 Å². The van der Waals surface area contributed by atoms with Gasteiger partial charge in [0.2, 0.25) is 0 Å². The van der Waals surface area contributed by atoms with Crippen molar-refractivity contribution in [3.63, 3.8) is 0 Å². The van der Waals surface area contributed by atoms with Gasteiger partial charge in [0.15, 0.2) is 11.4 Å². The van der Waals surface area contributed by atoms with Crippen LogP contribution in [-0.2, 0) is 10.4 Å². The van der Waals surface area contributed by atoms with Crippen molar-refractivity contribution in [3.05, 3.63) is 90.0 Å². The monoisotopic (exact) mass is 371 g/mol. The third kappa shape index (κ3) is 2.92. The highest BCUT2D eigenvalue weighted by atomic mass is 16.3. The number of rotatable bonds is 5. The number of benzene rings is 3. The van der Waals surface area contributed by atoms with Crippen LogP contribution in [0.3, 0.4) is 0 Å². The highest BCUT2D eigenvalue weighted by molar-refractivity contribution is 6.11. The SMILES string of the molecule is C=C(C)CN1C(=O)[C@@](O)(CC(=O)c2ccc3ccccc3c2)c2ccccc21. The van der Waals surface area contributed by atoms with Crippen molar-refractivity contribution in [2.24, 2.45) is 0 Å². The first kappa shape index (κ1) is 18.1. The average Bonchev–Trinajstić information content (AvgIpc) is 2.89. The van der Waals surface area contributed by atoms with Gasteiger partial charge in [-0.15, -0.1) is 0 Å². The molecule has 0 radical (unpaired) electrons. The van der Waals surface area contributed by atoms with Crippen LogP contribution in [0.5, 0.6) is 0 Å². The molecule has 3 aromatic rings. The largest absolute Gasteiger partial charge is 0.375 e. The van der Waals surface area contributed by atoms with Crippen molar-refractivity contribution in [2.75, 3.05) is 11.4 Å². The number of ketones is 1. The number of carbonyl (C=O) groups is 2. The standard InChI is InChI=1S/C24H21NO3/c1-16(2)15-25-21-10-6-5-9-20(21)24(28,23(25)27)14-22(26)19-12-11-17-7-3-4-8-18(17)13-19/h3-13,28H,1,14-15H2,2H3/t24-/m1/s1. The molecule has 1 N–H and O–H groups in total. The average molecular weight is 371 g/mol. The Balaban J connectivity index is 1.70. The molecular formula is C24H21NO3. The van der Waals surface area contributed by atoms with E-state index in [1.807, 2.05) is 43.3 Å². The Morgan fingerprint density at radius 2 is 1.71 bits per heavy atom. The maximum atomic E-state index is 13.1. The summed E-state index contributed by atoms with van der Waals surface area (Å²) in [6.07, 6.45) is -0.298. The second kappa shape index (κ2) is 6.73. The summed E-state index contributed by atoms with van der Waals surface area (Å²) in [6, 6.07) is 20.3. The number of nitrogens with zero attached hydrogens (tertiary/aromatic N) is 1. The van der Waals surface area contributed by atoms with Crippen molar-refractivity contribution in [2.45, 2.75) is 18.9 Å². The van der Waals surface area contributed by atoms with Gasteiger partial charge in [-0.1, -0.05) is 66.7 Å². The summed E-state index contributed by atoms with van der Waals surface area (Å²) in [5, 5.41) is 13.3. The molecule has 1 aliphatic heterocycles. The van der Waals surface area contributed by atoms with Crippen LogP contribution in [-0.4, -0.2) is 23.3 Å². The van der Waals surface area contributed by atoms with Crippen molar-refractivity contribution >= 4 is 28.2 Å². The van der Waals surface area contributed by atoms with E-state index in [4.69, 9.17) is 0 Å². The maximum absolute atomic E-state index is 13.1. The van der Waals surface area contributed by atoms with Gasteiger partial charge in [-0.3, -0.25) is 9.59 Å². The molecule has 0 spiro atoms. The Kier molecular flexibility index (Phi) is 4.36. The summed E-state index contributed by atoms with van der Waals surface area (Å²) in [4.78, 5) is 27.6. The molecule has 0 saturated carbocycles. The minimum Gasteiger partial charge on any atom is -0.375 e. The zero-order chi connectivity index (χ0) is 19.9. The van der Waals surface area contributed by atoms with Crippen LogP contribution in [0.4, 0.5) is 5.69 Å². The third-order valence-corrected chi connectivity index (χ3v) is 5.16. The molecule has 0 bridgehead atoms. The topological polar surface area (TPSA) is 57.6 Å². The van der Waals surface area contributed by atoms with E-state index in [0.29, 0.717) is 23.4 Å². The fourth-order valence-corrected chi connectivity index (χ4v) is 3.80. The van der Waals surface area contributed by atoms with E-state index in [0.717, 1.165) is 16.3 Å². The number of carbonyl (C=O) groups excluding carboxylic acids is 2. The molecule has 4 heteroatoms. The molecule has 0 aromatic heterocycles. The van der Waals surface area contributed by atoms with Gasteiger partial charge in [0.05, 0.1) is 12.1 Å². The fourth-order valence-electron chi connectivity index (χ4n) is 3.80. The molecule has 1 amide bonds. The zero-order valence-corrected chi connectivity index (χ0v) is 15.7. The van der Waals surface area contributed by atoms with Crippen LogP contribution in [0.1, 0.15) is 29.3 Å². The lowest BCUT2D eigenvalue weighted by atomic mass is 9.88. The summed E-state index contributed by atoms with van der Waals surface area (Å²) in [5.41, 5.74) is 0.512. The number of amides is 1. The van der Waals surface area contributed by atoms with Crippen molar-refractivity contribution in [1.82, 2.24) is 0 Å². The summed E-state index contributed by atoms with van der Waals surface area (Å²) in [5.74, 6) is -0.751. The van der Waals surface area contributed by atoms with Crippen LogP contribution in [0.2, 0.25) is 0 Å². The number of Topliss-reactive ketones (excluding diaryl/α,β-unsaturated/α-hetero) is 1. The highest BCUT2D eigenvalue weighted by Gasteiger charge is 2.50. The Bertz CT molecular complexity index is 1120. The summed E-state index contributed by atoms with van der Waals surface area (Å²) < 4.78 is 0. The summed E-state index contributed by atoms with van der Waals surface area (Å²) in [6.45, 7) is 6.00. The Labute approximate surface area is 163 Å². The van der Waals surface area contributed by atoms with E-state index in [1.54, 1.807) is 30.3 Å². The van der Waals surface area contributed by atoms with Gasteiger partial charge in [-0.05, 0) is 29.8 Å². The first-order valence-corrected chi connectivity index (χ1v) is 9.20.